The molecule has 0 unspecified atom stereocenters. The number of rotatable bonds is 8. The number of amides is 1. The molecule has 0 bridgehead atoms. The predicted molar refractivity (Wildman–Crippen MR) is 118 cm³/mol. The lowest BCUT2D eigenvalue weighted by molar-refractivity contribution is -0.143. The first-order valence-electron chi connectivity index (χ1n) is 9.78. The third-order valence-electron chi connectivity index (χ3n) is 4.28. The van der Waals surface area contributed by atoms with Crippen LogP contribution in [0, 0.1) is 0 Å². The van der Waals surface area contributed by atoms with Gasteiger partial charge in [0.15, 0.2) is 4.80 Å². The monoisotopic (exact) mass is 446 g/mol. The zero-order valence-corrected chi connectivity index (χ0v) is 18.5. The lowest BCUT2D eigenvalue weighted by atomic mass is 10.2. The Morgan fingerprint density at radius 3 is 2.77 bits per heavy atom. The van der Waals surface area contributed by atoms with Crippen molar-refractivity contribution in [3.63, 3.8) is 0 Å². The molecule has 6 nitrogen and oxygen atoms in total. The average Bonchev–Trinajstić information content (AvgIpc) is 3.04. The van der Waals surface area contributed by atoms with Gasteiger partial charge in [-0.1, -0.05) is 42.3 Å². The van der Waals surface area contributed by atoms with Crippen molar-refractivity contribution in [3.05, 3.63) is 57.9 Å². The van der Waals surface area contributed by atoms with Crippen molar-refractivity contribution in [2.75, 3.05) is 13.2 Å². The van der Waals surface area contributed by atoms with E-state index in [2.05, 4.69) is 11.9 Å². The highest BCUT2D eigenvalue weighted by molar-refractivity contribution is 7.16. The summed E-state index contributed by atoms with van der Waals surface area (Å²) in [5, 5.41) is 0.571. The molecule has 158 valence electrons. The molecule has 0 aliphatic carbocycles. The summed E-state index contributed by atoms with van der Waals surface area (Å²) in [6, 6.07) is 12.3. The molecule has 0 aliphatic rings. The third-order valence-corrected chi connectivity index (χ3v) is 5.56. The zero-order chi connectivity index (χ0) is 21.5. The normalized spacial score (nSPS) is 11.6. The second-order valence-electron chi connectivity index (χ2n) is 6.53. The van der Waals surface area contributed by atoms with E-state index in [-0.39, 0.29) is 13.2 Å². The molecule has 1 heterocycles. The van der Waals surface area contributed by atoms with E-state index < -0.39 is 11.9 Å². The summed E-state index contributed by atoms with van der Waals surface area (Å²) >= 11 is 7.40. The Morgan fingerprint density at radius 1 is 1.17 bits per heavy atom. The van der Waals surface area contributed by atoms with Gasteiger partial charge in [0.2, 0.25) is 0 Å². The summed E-state index contributed by atoms with van der Waals surface area (Å²) < 4.78 is 13.3. The fourth-order valence-electron chi connectivity index (χ4n) is 2.83. The van der Waals surface area contributed by atoms with Crippen molar-refractivity contribution < 1.29 is 19.1 Å². The molecule has 1 aromatic heterocycles. The summed E-state index contributed by atoms with van der Waals surface area (Å²) in [7, 11) is 0. The van der Waals surface area contributed by atoms with Crippen LogP contribution in [-0.4, -0.2) is 29.7 Å². The number of benzene rings is 2. The fraction of sp³-hybridized carbons (Fsp3) is 0.318. The average molecular weight is 447 g/mol. The van der Waals surface area contributed by atoms with Gasteiger partial charge in [-0.05, 0) is 49.7 Å². The van der Waals surface area contributed by atoms with Gasteiger partial charge in [0.05, 0.1) is 23.4 Å². The van der Waals surface area contributed by atoms with Crippen LogP contribution in [-0.2, 0) is 16.1 Å². The molecule has 0 fully saturated rings. The van der Waals surface area contributed by atoms with Crippen LogP contribution in [0.25, 0.3) is 10.2 Å². The minimum absolute atomic E-state index is 0.0399. The topological polar surface area (TPSA) is 69.9 Å². The van der Waals surface area contributed by atoms with Gasteiger partial charge in [-0.25, -0.2) is 0 Å². The Labute approximate surface area is 183 Å². The third kappa shape index (κ3) is 5.49. The van der Waals surface area contributed by atoms with Gasteiger partial charge in [-0.2, -0.15) is 4.99 Å². The highest BCUT2D eigenvalue weighted by atomic mass is 35.5. The van der Waals surface area contributed by atoms with Crippen molar-refractivity contribution in [1.82, 2.24) is 4.57 Å². The van der Waals surface area contributed by atoms with Crippen molar-refractivity contribution in [1.29, 1.82) is 0 Å². The van der Waals surface area contributed by atoms with Gasteiger partial charge in [-0.15, -0.1) is 0 Å². The summed E-state index contributed by atoms with van der Waals surface area (Å²) in [5.74, 6) is -0.175. The molecule has 0 atom stereocenters. The van der Waals surface area contributed by atoms with Crippen LogP contribution in [0.2, 0.25) is 5.02 Å². The van der Waals surface area contributed by atoms with E-state index in [0.29, 0.717) is 27.7 Å². The van der Waals surface area contributed by atoms with Gasteiger partial charge in [0.25, 0.3) is 5.91 Å². The number of hydrogen-bond acceptors (Lipinski definition) is 5. The van der Waals surface area contributed by atoms with Crippen LogP contribution in [0.4, 0.5) is 0 Å². The van der Waals surface area contributed by atoms with E-state index in [9.17, 15) is 9.59 Å². The maximum atomic E-state index is 12.8. The van der Waals surface area contributed by atoms with Gasteiger partial charge in [0, 0.05) is 10.6 Å². The van der Waals surface area contributed by atoms with Gasteiger partial charge in [-0.3, -0.25) is 9.59 Å². The molecule has 0 aliphatic heterocycles. The Hall–Kier alpha value is -2.64. The molecule has 0 saturated heterocycles. The van der Waals surface area contributed by atoms with Gasteiger partial charge in [0.1, 0.15) is 12.3 Å². The number of fused-ring (bicyclic) bond motifs is 1. The van der Waals surface area contributed by atoms with E-state index in [0.717, 1.165) is 23.1 Å². The zero-order valence-electron chi connectivity index (χ0n) is 16.9. The molecule has 8 heteroatoms. The summed E-state index contributed by atoms with van der Waals surface area (Å²) in [6.45, 7) is 4.68. The SMILES string of the molecule is CCCCOc1cccc(C(=O)N=c2sc3cc(Cl)ccc3n2CC(=O)OCC)c1. The first kappa shape index (κ1) is 22.1. The second kappa shape index (κ2) is 10.4. The number of carbonyl (C=O) groups excluding carboxylic acids is 2. The molecule has 2 aromatic carbocycles. The molecular formula is C22H23ClN2O4S. The number of aromatic nitrogens is 1. The molecule has 0 saturated carbocycles. The molecule has 3 aromatic rings. The maximum Gasteiger partial charge on any atom is 0.326 e. The first-order valence-corrected chi connectivity index (χ1v) is 11.0. The van der Waals surface area contributed by atoms with E-state index in [1.807, 2.05) is 6.07 Å². The Bertz CT molecular complexity index is 1120. The number of carbonyl (C=O) groups is 2. The van der Waals surface area contributed by atoms with Crippen molar-refractivity contribution in [3.8, 4) is 5.75 Å². The van der Waals surface area contributed by atoms with Crippen LogP contribution < -0.4 is 9.54 Å². The van der Waals surface area contributed by atoms with Crippen LogP contribution in [0.5, 0.6) is 5.75 Å². The molecular weight excluding hydrogens is 424 g/mol. The molecule has 3 rings (SSSR count). The highest BCUT2D eigenvalue weighted by Crippen LogP contribution is 2.22. The van der Waals surface area contributed by atoms with E-state index >= 15 is 0 Å². The van der Waals surface area contributed by atoms with Crippen LogP contribution in [0.3, 0.4) is 0 Å². The Kier molecular flexibility index (Phi) is 7.65. The Morgan fingerprint density at radius 2 is 2.00 bits per heavy atom. The molecule has 30 heavy (non-hydrogen) atoms. The molecule has 0 radical (unpaired) electrons. The van der Waals surface area contributed by atoms with Gasteiger partial charge >= 0.3 is 5.97 Å². The minimum Gasteiger partial charge on any atom is -0.494 e. The number of thiazole rings is 1. The second-order valence-corrected chi connectivity index (χ2v) is 7.98. The molecule has 1 amide bonds. The number of halogens is 1. The summed E-state index contributed by atoms with van der Waals surface area (Å²) in [5.41, 5.74) is 1.18. The maximum absolute atomic E-state index is 12.8. The summed E-state index contributed by atoms with van der Waals surface area (Å²) in [4.78, 5) is 29.6. The number of nitrogens with zero attached hydrogens (tertiary/aromatic N) is 2. The Balaban J connectivity index is 1.97. The smallest absolute Gasteiger partial charge is 0.326 e. The summed E-state index contributed by atoms with van der Waals surface area (Å²) in [6.07, 6.45) is 1.98. The fourth-order valence-corrected chi connectivity index (χ4v) is 4.13. The number of unbranched alkanes of at least 4 members (excludes halogenated alkanes) is 1. The lowest BCUT2D eigenvalue weighted by Crippen LogP contribution is -2.23. The quantitative estimate of drug-likeness (QED) is 0.366. The van der Waals surface area contributed by atoms with Crippen molar-refractivity contribution in [2.45, 2.75) is 33.2 Å². The molecule has 0 N–H and O–H groups in total. The van der Waals surface area contributed by atoms with E-state index in [1.54, 1.807) is 47.9 Å². The number of esters is 1. The minimum atomic E-state index is -0.411. The van der Waals surface area contributed by atoms with E-state index in [4.69, 9.17) is 21.1 Å². The van der Waals surface area contributed by atoms with Crippen LogP contribution >= 0.6 is 22.9 Å². The van der Waals surface area contributed by atoms with Crippen LogP contribution in [0.15, 0.2) is 47.5 Å². The lowest BCUT2D eigenvalue weighted by Gasteiger charge is -2.06. The highest BCUT2D eigenvalue weighted by Gasteiger charge is 2.13. The standard InChI is InChI=1S/C22H23ClN2O4S/c1-3-5-11-29-17-8-6-7-15(12-17)21(27)24-22-25(14-20(26)28-4-2)18-10-9-16(23)13-19(18)30-22/h6-10,12-13H,3-5,11,14H2,1-2H3. The largest absolute Gasteiger partial charge is 0.494 e. The number of ether oxygens (including phenoxy) is 2. The van der Waals surface area contributed by atoms with Crippen molar-refractivity contribution >= 4 is 45.0 Å². The predicted octanol–water partition coefficient (Wildman–Crippen LogP) is 4.84. The molecule has 0 spiro atoms. The van der Waals surface area contributed by atoms with E-state index in [1.165, 1.54) is 11.3 Å². The van der Waals surface area contributed by atoms with Crippen molar-refractivity contribution in [2.24, 2.45) is 4.99 Å². The van der Waals surface area contributed by atoms with Gasteiger partial charge < -0.3 is 14.0 Å². The van der Waals surface area contributed by atoms with Crippen LogP contribution in [0.1, 0.15) is 37.0 Å². The number of hydrogen-bond donors (Lipinski definition) is 0. The first-order chi connectivity index (χ1) is 14.5.